The Labute approximate surface area is 187 Å². The van der Waals surface area contributed by atoms with Gasteiger partial charge < -0.3 is 9.88 Å². The number of sulfonamides is 1. The number of hydrogen-bond acceptors (Lipinski definition) is 4. The molecule has 2 N–H and O–H groups in total. The summed E-state index contributed by atoms with van der Waals surface area (Å²) in [7, 11) is -1.93. The number of imidazole rings is 1. The van der Waals surface area contributed by atoms with Crippen LogP contribution in [-0.4, -0.2) is 30.4 Å². The molecule has 0 aliphatic carbocycles. The predicted octanol–water partition coefficient (Wildman–Crippen LogP) is 3.26. The third kappa shape index (κ3) is 5.80. The summed E-state index contributed by atoms with van der Waals surface area (Å²) < 4.78 is 42.6. The second-order valence-electron chi connectivity index (χ2n) is 7.82. The van der Waals surface area contributed by atoms with E-state index in [4.69, 9.17) is 0 Å². The summed E-state index contributed by atoms with van der Waals surface area (Å²) in [6.07, 6.45) is 3.29. The molecule has 1 aromatic heterocycles. The van der Waals surface area contributed by atoms with Gasteiger partial charge in [0.15, 0.2) is 0 Å². The zero-order valence-corrected chi connectivity index (χ0v) is 19.1. The number of amides is 1. The number of hydrogen-bond donors (Lipinski definition) is 2. The van der Waals surface area contributed by atoms with Gasteiger partial charge in [0, 0.05) is 32.4 Å². The summed E-state index contributed by atoms with van der Waals surface area (Å²) in [5, 5.41) is 2.86. The van der Waals surface area contributed by atoms with E-state index in [0.717, 1.165) is 5.56 Å². The van der Waals surface area contributed by atoms with Crippen LogP contribution in [0.1, 0.15) is 49.2 Å². The van der Waals surface area contributed by atoms with E-state index in [1.165, 1.54) is 12.1 Å². The molecule has 2 aromatic carbocycles. The van der Waals surface area contributed by atoms with Crippen LogP contribution in [0.5, 0.6) is 0 Å². The van der Waals surface area contributed by atoms with Crippen molar-refractivity contribution in [2.75, 3.05) is 6.54 Å². The molecule has 0 spiro atoms. The smallest absolute Gasteiger partial charge is 0.240 e. The Balaban J connectivity index is 1.64. The van der Waals surface area contributed by atoms with Crippen molar-refractivity contribution in [3.8, 4) is 0 Å². The lowest BCUT2D eigenvalue weighted by atomic mass is 10.0. The fourth-order valence-corrected chi connectivity index (χ4v) is 4.29. The summed E-state index contributed by atoms with van der Waals surface area (Å²) in [4.78, 5) is 17.0. The maximum Gasteiger partial charge on any atom is 0.240 e. The number of nitrogens with zero attached hydrogens (tertiary/aromatic N) is 2. The van der Waals surface area contributed by atoms with Crippen LogP contribution in [0, 0.1) is 5.82 Å². The SMILES string of the molecule is CC(C)c1ccc(S(=O)(=O)NCCC(=O)NC(c2ccc(F)cc2)c2nccn2C)cc1. The maximum atomic E-state index is 13.3. The first-order valence-electron chi connectivity index (χ1n) is 10.3. The number of nitrogens with one attached hydrogen (secondary N) is 2. The second-order valence-corrected chi connectivity index (χ2v) is 9.59. The van der Waals surface area contributed by atoms with Gasteiger partial charge in [-0.3, -0.25) is 4.79 Å². The Hall–Kier alpha value is -3.04. The van der Waals surface area contributed by atoms with Gasteiger partial charge in [-0.1, -0.05) is 38.1 Å². The highest BCUT2D eigenvalue weighted by Crippen LogP contribution is 2.21. The third-order valence-electron chi connectivity index (χ3n) is 5.13. The molecule has 1 heterocycles. The molecular formula is C23H27FN4O3S. The number of carbonyl (C=O) groups excluding carboxylic acids is 1. The molecule has 0 bridgehead atoms. The first kappa shape index (κ1) is 23.6. The van der Waals surface area contributed by atoms with Crippen molar-refractivity contribution < 1.29 is 17.6 Å². The third-order valence-corrected chi connectivity index (χ3v) is 6.60. The van der Waals surface area contributed by atoms with E-state index < -0.39 is 16.1 Å². The lowest BCUT2D eigenvalue weighted by Crippen LogP contribution is -2.34. The molecule has 0 aliphatic heterocycles. The number of benzene rings is 2. The van der Waals surface area contributed by atoms with Gasteiger partial charge in [0.1, 0.15) is 17.7 Å². The minimum absolute atomic E-state index is 0.0587. The fourth-order valence-electron chi connectivity index (χ4n) is 3.25. The number of halogens is 1. The summed E-state index contributed by atoms with van der Waals surface area (Å²) in [5.41, 5.74) is 1.71. The minimum atomic E-state index is -3.72. The maximum absolute atomic E-state index is 13.3. The average molecular weight is 459 g/mol. The van der Waals surface area contributed by atoms with E-state index in [-0.39, 0.29) is 29.6 Å². The molecule has 0 aliphatic rings. The molecule has 0 radical (unpaired) electrons. The van der Waals surface area contributed by atoms with Crippen molar-refractivity contribution in [2.24, 2.45) is 7.05 Å². The van der Waals surface area contributed by atoms with Crippen molar-refractivity contribution in [2.45, 2.75) is 37.1 Å². The molecule has 7 nitrogen and oxygen atoms in total. The van der Waals surface area contributed by atoms with Crippen molar-refractivity contribution in [3.05, 3.63) is 83.7 Å². The average Bonchev–Trinajstić information content (AvgIpc) is 3.18. The predicted molar refractivity (Wildman–Crippen MR) is 120 cm³/mol. The molecule has 1 atom stereocenters. The zero-order chi connectivity index (χ0) is 23.3. The number of aromatic nitrogens is 2. The molecule has 9 heteroatoms. The van der Waals surface area contributed by atoms with Crippen molar-refractivity contribution >= 4 is 15.9 Å². The van der Waals surface area contributed by atoms with Gasteiger partial charge in [-0.05, 0) is 41.3 Å². The van der Waals surface area contributed by atoms with Crippen LogP contribution in [0.3, 0.4) is 0 Å². The lowest BCUT2D eigenvalue weighted by Gasteiger charge is -2.19. The molecule has 170 valence electrons. The molecule has 32 heavy (non-hydrogen) atoms. The Bertz CT molecular complexity index is 1160. The van der Waals surface area contributed by atoms with Crippen LogP contribution in [-0.2, 0) is 21.9 Å². The van der Waals surface area contributed by atoms with Crippen LogP contribution in [0.2, 0.25) is 0 Å². The second kappa shape index (κ2) is 10.1. The Morgan fingerprint density at radius 1 is 1.06 bits per heavy atom. The Kier molecular flexibility index (Phi) is 7.42. The highest BCUT2D eigenvalue weighted by atomic mass is 32.2. The molecular weight excluding hydrogens is 431 g/mol. The van der Waals surface area contributed by atoms with Gasteiger partial charge in [0.25, 0.3) is 0 Å². The Morgan fingerprint density at radius 2 is 1.69 bits per heavy atom. The van der Waals surface area contributed by atoms with Crippen molar-refractivity contribution in [3.63, 3.8) is 0 Å². The summed E-state index contributed by atoms with van der Waals surface area (Å²) in [6.45, 7) is 4.01. The van der Waals surface area contributed by atoms with E-state index in [2.05, 4.69) is 15.0 Å². The van der Waals surface area contributed by atoms with Crippen LogP contribution >= 0.6 is 0 Å². The van der Waals surface area contributed by atoms with Gasteiger partial charge in [-0.15, -0.1) is 0 Å². The lowest BCUT2D eigenvalue weighted by molar-refractivity contribution is -0.121. The summed E-state index contributed by atoms with van der Waals surface area (Å²) >= 11 is 0. The van der Waals surface area contributed by atoms with Crippen LogP contribution in [0.25, 0.3) is 0 Å². The van der Waals surface area contributed by atoms with Gasteiger partial charge in [-0.25, -0.2) is 22.5 Å². The van der Waals surface area contributed by atoms with Crippen LogP contribution in [0.4, 0.5) is 4.39 Å². The number of carbonyl (C=O) groups is 1. The number of rotatable bonds is 9. The first-order chi connectivity index (χ1) is 15.2. The normalized spacial score (nSPS) is 12.7. The standard InChI is InChI=1S/C23H27FN4O3S/c1-16(2)17-6-10-20(11-7-17)32(30,31)26-13-12-21(29)27-22(23-25-14-15-28(23)3)18-4-8-19(24)9-5-18/h4-11,14-16,22,26H,12-13H2,1-3H3,(H,27,29). The summed E-state index contributed by atoms with van der Waals surface area (Å²) in [5.74, 6) is 0.140. The van der Waals surface area contributed by atoms with Gasteiger partial charge in [-0.2, -0.15) is 0 Å². The fraction of sp³-hybridized carbons (Fsp3) is 0.304. The molecule has 0 saturated heterocycles. The highest BCUT2D eigenvalue weighted by molar-refractivity contribution is 7.89. The van der Waals surface area contributed by atoms with Crippen LogP contribution in [0.15, 0.2) is 65.8 Å². The van der Waals surface area contributed by atoms with Gasteiger partial charge in [0.2, 0.25) is 15.9 Å². The molecule has 3 aromatic rings. The largest absolute Gasteiger partial charge is 0.342 e. The minimum Gasteiger partial charge on any atom is -0.342 e. The summed E-state index contributed by atoms with van der Waals surface area (Å²) in [6, 6.07) is 11.9. The molecule has 1 amide bonds. The van der Waals surface area contributed by atoms with Gasteiger partial charge in [0.05, 0.1) is 4.90 Å². The van der Waals surface area contributed by atoms with E-state index >= 15 is 0 Å². The number of aryl methyl sites for hydroxylation is 1. The van der Waals surface area contributed by atoms with Crippen LogP contribution < -0.4 is 10.0 Å². The van der Waals surface area contributed by atoms with E-state index in [0.29, 0.717) is 17.3 Å². The topological polar surface area (TPSA) is 93.1 Å². The zero-order valence-electron chi connectivity index (χ0n) is 18.2. The quantitative estimate of drug-likeness (QED) is 0.515. The highest BCUT2D eigenvalue weighted by Gasteiger charge is 2.21. The molecule has 0 saturated carbocycles. The van der Waals surface area contributed by atoms with E-state index in [9.17, 15) is 17.6 Å². The van der Waals surface area contributed by atoms with Crippen molar-refractivity contribution in [1.29, 1.82) is 0 Å². The monoisotopic (exact) mass is 458 g/mol. The van der Waals surface area contributed by atoms with Crippen molar-refractivity contribution in [1.82, 2.24) is 19.6 Å². The molecule has 3 rings (SSSR count). The molecule has 1 unspecified atom stereocenters. The van der Waals surface area contributed by atoms with E-state index in [1.54, 1.807) is 60.4 Å². The Morgan fingerprint density at radius 3 is 2.25 bits per heavy atom. The van der Waals surface area contributed by atoms with Gasteiger partial charge >= 0.3 is 0 Å². The molecule has 0 fully saturated rings. The van der Waals surface area contributed by atoms with E-state index in [1.807, 2.05) is 13.8 Å². The first-order valence-corrected chi connectivity index (χ1v) is 11.8.